The third kappa shape index (κ3) is 5.26. The summed E-state index contributed by atoms with van der Waals surface area (Å²) < 4.78 is 25.5. The second-order valence-electron chi connectivity index (χ2n) is 6.51. The number of aromatic nitrogens is 1. The second kappa shape index (κ2) is 11.0. The number of ether oxygens (including phenoxy) is 4. The standard InChI is InChI=1S/C23H28N2O5S/c1-5-28-18-14-16(15-19(29-6-2)21(18)30-7-3)22(26)24-23-25(12-13-27-4)17-10-8-9-11-20(17)31-23/h8-11,14-15H,5-7,12-13H2,1-4H3. The smallest absolute Gasteiger partial charge is 0.279 e. The van der Waals surface area contributed by atoms with Crippen molar-refractivity contribution in [2.24, 2.45) is 4.99 Å². The summed E-state index contributed by atoms with van der Waals surface area (Å²) in [5.41, 5.74) is 1.40. The Labute approximate surface area is 185 Å². The number of fused-ring (bicyclic) bond motifs is 1. The number of hydrogen-bond acceptors (Lipinski definition) is 6. The first-order valence-corrected chi connectivity index (χ1v) is 11.2. The number of methoxy groups -OCH3 is 1. The van der Waals surface area contributed by atoms with Crippen LogP contribution in [0.4, 0.5) is 0 Å². The van der Waals surface area contributed by atoms with E-state index in [1.807, 2.05) is 49.6 Å². The molecule has 3 aromatic rings. The van der Waals surface area contributed by atoms with Crippen molar-refractivity contribution in [2.45, 2.75) is 27.3 Å². The van der Waals surface area contributed by atoms with Crippen molar-refractivity contribution in [1.29, 1.82) is 0 Å². The van der Waals surface area contributed by atoms with Crippen LogP contribution in [0.3, 0.4) is 0 Å². The zero-order valence-electron chi connectivity index (χ0n) is 18.3. The third-order valence-corrected chi connectivity index (χ3v) is 5.52. The molecule has 31 heavy (non-hydrogen) atoms. The fourth-order valence-corrected chi connectivity index (χ4v) is 4.22. The fraction of sp³-hybridized carbons (Fsp3) is 0.391. The quantitative estimate of drug-likeness (QED) is 0.467. The molecule has 0 N–H and O–H groups in total. The van der Waals surface area contributed by atoms with E-state index >= 15 is 0 Å². The number of rotatable bonds is 10. The van der Waals surface area contributed by atoms with E-state index in [0.29, 0.717) is 60.6 Å². The maximum atomic E-state index is 13.1. The minimum atomic E-state index is -0.373. The van der Waals surface area contributed by atoms with Crippen LogP contribution in [0, 0.1) is 0 Å². The Hall–Kier alpha value is -2.84. The molecule has 166 valence electrons. The maximum Gasteiger partial charge on any atom is 0.279 e. The topological polar surface area (TPSA) is 71.3 Å². The van der Waals surface area contributed by atoms with E-state index in [4.69, 9.17) is 18.9 Å². The van der Waals surface area contributed by atoms with Crippen molar-refractivity contribution in [1.82, 2.24) is 4.57 Å². The molecule has 0 fully saturated rings. The first-order valence-electron chi connectivity index (χ1n) is 10.4. The molecule has 0 aliphatic rings. The summed E-state index contributed by atoms with van der Waals surface area (Å²) in [4.78, 5) is 18.2. The van der Waals surface area contributed by atoms with E-state index < -0.39 is 0 Å². The van der Waals surface area contributed by atoms with Crippen LogP contribution in [-0.2, 0) is 11.3 Å². The minimum Gasteiger partial charge on any atom is -0.490 e. The van der Waals surface area contributed by atoms with Crippen molar-refractivity contribution in [3.63, 3.8) is 0 Å². The monoisotopic (exact) mass is 444 g/mol. The van der Waals surface area contributed by atoms with Crippen LogP contribution in [-0.4, -0.2) is 44.0 Å². The Kier molecular flexibility index (Phi) is 8.08. The maximum absolute atomic E-state index is 13.1. The minimum absolute atomic E-state index is 0.373. The summed E-state index contributed by atoms with van der Waals surface area (Å²) in [5, 5.41) is 0. The van der Waals surface area contributed by atoms with Gasteiger partial charge in [0.05, 0.1) is 36.6 Å². The van der Waals surface area contributed by atoms with Crippen molar-refractivity contribution in [2.75, 3.05) is 33.5 Å². The highest BCUT2D eigenvalue weighted by atomic mass is 32.1. The average molecular weight is 445 g/mol. The lowest BCUT2D eigenvalue weighted by molar-refractivity contribution is 0.0996. The summed E-state index contributed by atoms with van der Waals surface area (Å²) >= 11 is 1.47. The molecule has 0 spiro atoms. The zero-order valence-corrected chi connectivity index (χ0v) is 19.2. The van der Waals surface area contributed by atoms with Gasteiger partial charge in [0.15, 0.2) is 16.3 Å². The summed E-state index contributed by atoms with van der Waals surface area (Å²) in [5.74, 6) is 1.07. The molecular formula is C23H28N2O5S. The summed E-state index contributed by atoms with van der Waals surface area (Å²) in [6, 6.07) is 11.3. The number of hydrogen-bond donors (Lipinski definition) is 0. The number of nitrogens with zero attached hydrogens (tertiary/aromatic N) is 2. The molecule has 0 aliphatic heterocycles. The normalized spacial score (nSPS) is 11.7. The SMILES string of the molecule is CCOc1cc(C(=O)N=c2sc3ccccc3n2CCOC)cc(OCC)c1OCC. The van der Waals surface area contributed by atoms with Crippen LogP contribution in [0.1, 0.15) is 31.1 Å². The van der Waals surface area contributed by atoms with Gasteiger partial charge in [-0.1, -0.05) is 23.5 Å². The molecule has 0 saturated heterocycles. The van der Waals surface area contributed by atoms with Crippen molar-refractivity contribution in [3.8, 4) is 17.2 Å². The van der Waals surface area contributed by atoms with Gasteiger partial charge in [0.1, 0.15) is 0 Å². The number of benzene rings is 2. The van der Waals surface area contributed by atoms with E-state index in [1.165, 1.54) is 11.3 Å². The molecule has 1 heterocycles. The highest BCUT2D eigenvalue weighted by Gasteiger charge is 2.18. The van der Waals surface area contributed by atoms with Crippen LogP contribution < -0.4 is 19.0 Å². The molecular weight excluding hydrogens is 416 g/mol. The summed E-state index contributed by atoms with van der Waals surface area (Å²) in [6.45, 7) is 8.11. The van der Waals surface area contributed by atoms with E-state index in [-0.39, 0.29) is 5.91 Å². The molecule has 2 aromatic carbocycles. The van der Waals surface area contributed by atoms with Gasteiger partial charge in [0.25, 0.3) is 5.91 Å². The number of amides is 1. The molecule has 0 aliphatic carbocycles. The lowest BCUT2D eigenvalue weighted by Crippen LogP contribution is -2.19. The van der Waals surface area contributed by atoms with Gasteiger partial charge in [-0.2, -0.15) is 4.99 Å². The van der Waals surface area contributed by atoms with E-state index in [0.717, 1.165) is 10.2 Å². The van der Waals surface area contributed by atoms with Crippen molar-refractivity contribution >= 4 is 27.5 Å². The van der Waals surface area contributed by atoms with E-state index in [1.54, 1.807) is 19.2 Å². The molecule has 0 saturated carbocycles. The number of carbonyl (C=O) groups excluding carboxylic acids is 1. The lowest BCUT2D eigenvalue weighted by Gasteiger charge is -2.16. The van der Waals surface area contributed by atoms with Gasteiger partial charge in [0.2, 0.25) is 5.75 Å². The largest absolute Gasteiger partial charge is 0.490 e. The molecule has 8 heteroatoms. The van der Waals surface area contributed by atoms with Gasteiger partial charge in [-0.3, -0.25) is 4.79 Å². The fourth-order valence-electron chi connectivity index (χ4n) is 3.17. The third-order valence-electron chi connectivity index (χ3n) is 4.46. The highest BCUT2D eigenvalue weighted by Crippen LogP contribution is 2.39. The zero-order chi connectivity index (χ0) is 22.2. The van der Waals surface area contributed by atoms with Crippen LogP contribution in [0.15, 0.2) is 41.4 Å². The molecule has 0 radical (unpaired) electrons. The van der Waals surface area contributed by atoms with Gasteiger partial charge in [-0.05, 0) is 45.0 Å². The molecule has 7 nitrogen and oxygen atoms in total. The molecule has 1 aromatic heterocycles. The molecule has 0 atom stereocenters. The number of carbonyl (C=O) groups is 1. The molecule has 0 bridgehead atoms. The van der Waals surface area contributed by atoms with Gasteiger partial charge in [-0.25, -0.2) is 0 Å². The van der Waals surface area contributed by atoms with Gasteiger partial charge < -0.3 is 23.5 Å². The molecule has 3 rings (SSSR count). The Morgan fingerprint density at radius 1 is 1.00 bits per heavy atom. The average Bonchev–Trinajstić information content (AvgIpc) is 3.11. The Balaban J connectivity index is 2.09. The van der Waals surface area contributed by atoms with Crippen molar-refractivity contribution in [3.05, 3.63) is 46.8 Å². The Bertz CT molecular complexity index is 1080. The van der Waals surface area contributed by atoms with Crippen LogP contribution in [0.25, 0.3) is 10.2 Å². The van der Waals surface area contributed by atoms with E-state index in [9.17, 15) is 4.79 Å². The van der Waals surface area contributed by atoms with Crippen LogP contribution in [0.5, 0.6) is 17.2 Å². The predicted molar refractivity (Wildman–Crippen MR) is 122 cm³/mol. The lowest BCUT2D eigenvalue weighted by atomic mass is 10.1. The first kappa shape index (κ1) is 22.8. The second-order valence-corrected chi connectivity index (χ2v) is 7.52. The van der Waals surface area contributed by atoms with E-state index in [2.05, 4.69) is 4.99 Å². The first-order chi connectivity index (χ1) is 15.1. The van der Waals surface area contributed by atoms with Gasteiger partial charge in [0, 0.05) is 19.2 Å². The Morgan fingerprint density at radius 3 is 2.26 bits per heavy atom. The van der Waals surface area contributed by atoms with Crippen molar-refractivity contribution < 1.29 is 23.7 Å². The molecule has 0 unspecified atom stereocenters. The summed E-state index contributed by atoms with van der Waals surface area (Å²) in [6.07, 6.45) is 0. The predicted octanol–water partition coefficient (Wildman–Crippen LogP) is 4.29. The van der Waals surface area contributed by atoms with Crippen LogP contribution in [0.2, 0.25) is 0 Å². The number of thiazole rings is 1. The van der Waals surface area contributed by atoms with Crippen LogP contribution >= 0.6 is 11.3 Å². The highest BCUT2D eigenvalue weighted by molar-refractivity contribution is 7.16. The van der Waals surface area contributed by atoms with Gasteiger partial charge in [-0.15, -0.1) is 0 Å². The Morgan fingerprint density at radius 2 is 1.65 bits per heavy atom. The van der Waals surface area contributed by atoms with Gasteiger partial charge >= 0.3 is 0 Å². The molecule has 1 amide bonds. The summed E-state index contributed by atoms with van der Waals surface area (Å²) in [7, 11) is 1.65. The number of para-hydroxylation sites is 1.